The minimum atomic E-state index is -0.477. The van der Waals surface area contributed by atoms with Crippen molar-refractivity contribution in [1.82, 2.24) is 9.47 Å². The van der Waals surface area contributed by atoms with Crippen LogP contribution in [0.4, 0.5) is 10.5 Å². The van der Waals surface area contributed by atoms with E-state index in [4.69, 9.17) is 4.74 Å². The number of carbonyl (C=O) groups excluding carboxylic acids is 3. The van der Waals surface area contributed by atoms with E-state index in [9.17, 15) is 14.4 Å². The van der Waals surface area contributed by atoms with Crippen LogP contribution in [-0.4, -0.2) is 40.2 Å². The van der Waals surface area contributed by atoms with Crippen LogP contribution in [0.5, 0.6) is 5.75 Å². The van der Waals surface area contributed by atoms with Crippen LogP contribution in [0.25, 0.3) is 22.5 Å². The molecule has 1 aliphatic rings. The van der Waals surface area contributed by atoms with Crippen LogP contribution in [0, 0.1) is 13.8 Å². The van der Waals surface area contributed by atoms with Gasteiger partial charge in [0.2, 0.25) is 5.91 Å². The fourth-order valence-electron chi connectivity index (χ4n) is 4.50. The summed E-state index contributed by atoms with van der Waals surface area (Å²) in [5.74, 6) is -0.272. The molecule has 5 rings (SSSR count). The Morgan fingerprint density at radius 3 is 2.49 bits per heavy atom. The molecule has 1 aliphatic heterocycles. The summed E-state index contributed by atoms with van der Waals surface area (Å²) in [7, 11) is 1.56. The summed E-state index contributed by atoms with van der Waals surface area (Å²) in [4.78, 5) is 39.4. The maximum absolute atomic E-state index is 13.1. The number of nitrogens with one attached hydrogen (secondary N) is 1. The molecule has 0 bridgehead atoms. The number of hydrogen-bond donors (Lipinski definition) is 1. The Balaban J connectivity index is 1.37. The molecule has 0 aliphatic carbocycles. The van der Waals surface area contributed by atoms with Crippen molar-refractivity contribution in [1.29, 1.82) is 0 Å². The molecule has 3 aromatic carbocycles. The van der Waals surface area contributed by atoms with Gasteiger partial charge in [0.1, 0.15) is 12.3 Å². The van der Waals surface area contributed by atoms with Crippen molar-refractivity contribution in [2.45, 2.75) is 13.8 Å². The highest BCUT2D eigenvalue weighted by atomic mass is 32.2. The highest BCUT2D eigenvalue weighted by Gasteiger charge is 2.36. The Hall–Kier alpha value is -4.30. The second kappa shape index (κ2) is 9.99. The molecule has 1 N–H and O–H groups in total. The van der Waals surface area contributed by atoms with E-state index in [1.165, 1.54) is 0 Å². The number of anilines is 1. The van der Waals surface area contributed by atoms with Crippen LogP contribution in [0.3, 0.4) is 0 Å². The molecule has 1 saturated heterocycles. The van der Waals surface area contributed by atoms with Crippen LogP contribution in [0.1, 0.15) is 17.0 Å². The average Bonchev–Trinajstić information content (AvgIpc) is 3.32. The lowest BCUT2D eigenvalue weighted by atomic mass is 10.1. The standard InChI is InChI=1S/C29H25N3O4S/c1-18-15-21(19(2)32(18)25-10-6-8-20-7-4-5-9-24(20)25)16-26-28(34)31(29(35)37-26)17-27(33)30-22-11-13-23(36-3)14-12-22/h4-16H,17H2,1-3H3,(H,30,33)/b26-16+. The van der Waals surface area contributed by atoms with E-state index in [0.717, 1.165) is 50.1 Å². The van der Waals surface area contributed by atoms with Gasteiger partial charge >= 0.3 is 0 Å². The van der Waals surface area contributed by atoms with E-state index in [1.54, 1.807) is 37.5 Å². The highest BCUT2D eigenvalue weighted by molar-refractivity contribution is 8.18. The third kappa shape index (κ3) is 4.75. The number of ether oxygens (including phenoxy) is 1. The number of carbonyl (C=O) groups is 3. The first-order valence-corrected chi connectivity index (χ1v) is 12.5. The molecular formula is C29H25N3O4S. The first-order chi connectivity index (χ1) is 17.9. The minimum absolute atomic E-state index is 0.292. The van der Waals surface area contributed by atoms with Crippen LogP contribution >= 0.6 is 11.8 Å². The summed E-state index contributed by atoms with van der Waals surface area (Å²) >= 11 is 0.845. The highest BCUT2D eigenvalue weighted by Crippen LogP contribution is 2.34. The molecule has 0 radical (unpaired) electrons. The topological polar surface area (TPSA) is 80.6 Å². The molecule has 0 spiro atoms. The molecule has 3 amide bonds. The predicted octanol–water partition coefficient (Wildman–Crippen LogP) is 5.93. The van der Waals surface area contributed by atoms with E-state index in [-0.39, 0.29) is 6.54 Å². The number of amides is 3. The summed E-state index contributed by atoms with van der Waals surface area (Å²) in [6, 6.07) is 23.2. The van der Waals surface area contributed by atoms with Gasteiger partial charge in [-0.15, -0.1) is 0 Å². The molecule has 37 heavy (non-hydrogen) atoms. The Morgan fingerprint density at radius 2 is 1.73 bits per heavy atom. The maximum atomic E-state index is 13.1. The molecule has 4 aromatic rings. The normalized spacial score (nSPS) is 14.6. The van der Waals surface area contributed by atoms with Gasteiger partial charge in [-0.1, -0.05) is 36.4 Å². The summed E-state index contributed by atoms with van der Waals surface area (Å²) < 4.78 is 7.26. The molecule has 2 heterocycles. The largest absolute Gasteiger partial charge is 0.497 e. The van der Waals surface area contributed by atoms with Gasteiger partial charge < -0.3 is 14.6 Å². The zero-order valence-corrected chi connectivity index (χ0v) is 21.5. The van der Waals surface area contributed by atoms with Gasteiger partial charge in [-0.05, 0) is 79.0 Å². The van der Waals surface area contributed by atoms with Crippen LogP contribution in [-0.2, 0) is 9.59 Å². The van der Waals surface area contributed by atoms with Crippen LogP contribution in [0.2, 0.25) is 0 Å². The van der Waals surface area contributed by atoms with Crippen molar-refractivity contribution < 1.29 is 19.1 Å². The number of hydrogen-bond acceptors (Lipinski definition) is 5. The van der Waals surface area contributed by atoms with E-state index in [1.807, 2.05) is 38.1 Å². The van der Waals surface area contributed by atoms with Gasteiger partial charge in [0.15, 0.2) is 0 Å². The van der Waals surface area contributed by atoms with Gasteiger partial charge in [0, 0.05) is 22.5 Å². The quantitative estimate of drug-likeness (QED) is 0.325. The molecule has 0 saturated carbocycles. The second-order valence-corrected chi connectivity index (χ2v) is 9.70. The molecule has 1 fully saturated rings. The molecular weight excluding hydrogens is 486 g/mol. The average molecular weight is 512 g/mol. The monoisotopic (exact) mass is 511 g/mol. The van der Waals surface area contributed by atoms with Gasteiger partial charge in [0.25, 0.3) is 11.1 Å². The number of benzene rings is 3. The Morgan fingerprint density at radius 1 is 1.00 bits per heavy atom. The Kier molecular flexibility index (Phi) is 6.58. The summed E-state index contributed by atoms with van der Waals surface area (Å²) in [6.45, 7) is 3.65. The van der Waals surface area contributed by atoms with Crippen molar-refractivity contribution in [3.05, 3.63) is 94.7 Å². The van der Waals surface area contributed by atoms with Crippen molar-refractivity contribution in [2.24, 2.45) is 0 Å². The Labute approximate surface area is 218 Å². The van der Waals surface area contributed by atoms with Crippen molar-refractivity contribution in [3.8, 4) is 11.4 Å². The number of imide groups is 1. The molecule has 7 nitrogen and oxygen atoms in total. The number of fused-ring (bicyclic) bond motifs is 1. The number of aromatic nitrogens is 1. The van der Waals surface area contributed by atoms with E-state index < -0.39 is 17.1 Å². The number of aryl methyl sites for hydroxylation is 1. The van der Waals surface area contributed by atoms with Crippen molar-refractivity contribution in [2.75, 3.05) is 19.0 Å². The number of methoxy groups -OCH3 is 1. The van der Waals surface area contributed by atoms with E-state index in [2.05, 4.69) is 34.1 Å². The fraction of sp³-hybridized carbons (Fsp3) is 0.138. The maximum Gasteiger partial charge on any atom is 0.294 e. The van der Waals surface area contributed by atoms with Crippen LogP contribution in [0.15, 0.2) is 77.7 Å². The minimum Gasteiger partial charge on any atom is -0.497 e. The summed E-state index contributed by atoms with van der Waals surface area (Å²) in [6.07, 6.45) is 1.73. The summed E-state index contributed by atoms with van der Waals surface area (Å²) in [5, 5.41) is 4.51. The van der Waals surface area contributed by atoms with Gasteiger partial charge in [-0.2, -0.15) is 0 Å². The molecule has 1 aromatic heterocycles. The smallest absolute Gasteiger partial charge is 0.294 e. The fourth-order valence-corrected chi connectivity index (χ4v) is 5.33. The zero-order chi connectivity index (χ0) is 26.1. The van der Waals surface area contributed by atoms with Gasteiger partial charge in [-0.25, -0.2) is 0 Å². The third-order valence-electron chi connectivity index (χ3n) is 6.31. The molecule has 186 valence electrons. The number of thioether (sulfide) groups is 1. The Bertz CT molecular complexity index is 1560. The van der Waals surface area contributed by atoms with Crippen molar-refractivity contribution >= 4 is 51.4 Å². The first-order valence-electron chi connectivity index (χ1n) is 11.7. The summed E-state index contributed by atoms with van der Waals surface area (Å²) in [5.41, 5.74) is 4.42. The number of nitrogens with zero attached hydrogens (tertiary/aromatic N) is 2. The lowest BCUT2D eigenvalue weighted by Crippen LogP contribution is -2.36. The van der Waals surface area contributed by atoms with Gasteiger partial charge in [0.05, 0.1) is 17.7 Å². The van der Waals surface area contributed by atoms with E-state index >= 15 is 0 Å². The van der Waals surface area contributed by atoms with Crippen LogP contribution < -0.4 is 10.1 Å². The van der Waals surface area contributed by atoms with Gasteiger partial charge in [-0.3, -0.25) is 19.3 Å². The SMILES string of the molecule is COc1ccc(NC(=O)CN2C(=O)S/C(=C/c3cc(C)n(-c4cccc5ccccc45)c3C)C2=O)cc1. The number of rotatable bonds is 6. The lowest BCUT2D eigenvalue weighted by Gasteiger charge is -2.13. The molecule has 0 unspecified atom stereocenters. The lowest BCUT2D eigenvalue weighted by molar-refractivity contribution is -0.127. The second-order valence-electron chi connectivity index (χ2n) is 8.70. The van der Waals surface area contributed by atoms with Crippen molar-refractivity contribution in [3.63, 3.8) is 0 Å². The zero-order valence-electron chi connectivity index (χ0n) is 20.6. The predicted molar refractivity (Wildman–Crippen MR) is 147 cm³/mol. The third-order valence-corrected chi connectivity index (χ3v) is 7.22. The molecule has 0 atom stereocenters. The molecule has 8 heteroatoms. The van der Waals surface area contributed by atoms with E-state index in [0.29, 0.717) is 16.3 Å². The first kappa shape index (κ1) is 24.4.